The average Bonchev–Trinajstić information content (AvgIpc) is 2.09. The summed E-state index contributed by atoms with van der Waals surface area (Å²) < 4.78 is 17.9. The Morgan fingerprint density at radius 3 is 3.00 bits per heavy atom. The molecule has 2 nitrogen and oxygen atoms in total. The standard InChI is InChI=1S/C9H11FNO/c1-3-7-5-9(12-4-2)8(10)6-11-7/h5-6H,1,3-4H2,2H3. The first-order valence-corrected chi connectivity index (χ1v) is 3.84. The van der Waals surface area contributed by atoms with E-state index in [0.29, 0.717) is 13.0 Å². The van der Waals surface area contributed by atoms with Crippen LogP contribution in [0.4, 0.5) is 4.39 Å². The Hall–Kier alpha value is -1.12. The summed E-state index contributed by atoms with van der Waals surface area (Å²) >= 11 is 0. The van der Waals surface area contributed by atoms with Crippen LogP contribution in [0.3, 0.4) is 0 Å². The molecule has 0 fully saturated rings. The summed E-state index contributed by atoms with van der Waals surface area (Å²) in [7, 11) is 0. The molecule has 0 bridgehead atoms. The van der Waals surface area contributed by atoms with E-state index in [1.54, 1.807) is 6.07 Å². The molecule has 0 amide bonds. The third-order valence-corrected chi connectivity index (χ3v) is 1.43. The molecule has 65 valence electrons. The first-order chi connectivity index (χ1) is 5.77. The molecule has 0 aromatic carbocycles. The Kier molecular flexibility index (Phi) is 3.02. The van der Waals surface area contributed by atoms with Crippen LogP contribution in [-0.4, -0.2) is 11.6 Å². The Balaban J connectivity index is 2.91. The molecule has 0 saturated heterocycles. The highest BCUT2D eigenvalue weighted by atomic mass is 19.1. The number of ether oxygens (including phenoxy) is 1. The number of hydrogen-bond donors (Lipinski definition) is 0. The fourth-order valence-corrected chi connectivity index (χ4v) is 0.864. The molecule has 0 spiro atoms. The van der Waals surface area contributed by atoms with E-state index in [9.17, 15) is 4.39 Å². The third kappa shape index (κ3) is 1.94. The van der Waals surface area contributed by atoms with Gasteiger partial charge in [-0.1, -0.05) is 0 Å². The Morgan fingerprint density at radius 2 is 2.42 bits per heavy atom. The van der Waals surface area contributed by atoms with Gasteiger partial charge in [-0.15, -0.1) is 0 Å². The molecule has 0 saturated carbocycles. The fourth-order valence-electron chi connectivity index (χ4n) is 0.864. The summed E-state index contributed by atoms with van der Waals surface area (Å²) in [6, 6.07) is 1.58. The second-order valence-corrected chi connectivity index (χ2v) is 2.29. The lowest BCUT2D eigenvalue weighted by Gasteiger charge is -2.04. The van der Waals surface area contributed by atoms with Gasteiger partial charge in [0.15, 0.2) is 11.6 Å². The van der Waals surface area contributed by atoms with Gasteiger partial charge in [0.25, 0.3) is 0 Å². The summed E-state index contributed by atoms with van der Waals surface area (Å²) in [6.45, 7) is 5.91. The lowest BCUT2D eigenvalue weighted by atomic mass is 10.3. The molecule has 1 aromatic rings. The van der Waals surface area contributed by atoms with Crippen molar-refractivity contribution in [3.63, 3.8) is 0 Å². The van der Waals surface area contributed by atoms with Gasteiger partial charge in [-0.05, 0) is 20.3 Å². The molecule has 3 heteroatoms. The quantitative estimate of drug-likeness (QED) is 0.688. The average molecular weight is 168 g/mol. The van der Waals surface area contributed by atoms with Crippen LogP contribution in [-0.2, 0) is 6.42 Å². The molecule has 0 aliphatic carbocycles. The zero-order valence-electron chi connectivity index (χ0n) is 7.01. The van der Waals surface area contributed by atoms with Gasteiger partial charge in [0.05, 0.1) is 12.8 Å². The van der Waals surface area contributed by atoms with Gasteiger partial charge in [-0.25, -0.2) is 4.39 Å². The molecule has 1 radical (unpaired) electrons. The smallest absolute Gasteiger partial charge is 0.183 e. The van der Waals surface area contributed by atoms with E-state index >= 15 is 0 Å². The molecule has 0 aliphatic rings. The SMILES string of the molecule is [CH2]Cc1cc(OCC)c(F)cn1. The molecule has 0 unspecified atom stereocenters. The van der Waals surface area contributed by atoms with Crippen LogP contribution in [0.15, 0.2) is 12.3 Å². The maximum absolute atomic E-state index is 12.9. The van der Waals surface area contributed by atoms with Crippen LogP contribution in [0.2, 0.25) is 0 Å². The topological polar surface area (TPSA) is 22.1 Å². The molecule has 1 rings (SSSR count). The summed E-state index contributed by atoms with van der Waals surface area (Å²) in [6.07, 6.45) is 1.70. The van der Waals surface area contributed by atoms with Crippen molar-refractivity contribution in [3.05, 3.63) is 30.7 Å². The van der Waals surface area contributed by atoms with Crippen molar-refractivity contribution in [3.8, 4) is 5.75 Å². The van der Waals surface area contributed by atoms with Gasteiger partial charge < -0.3 is 4.74 Å². The number of nitrogens with zero attached hydrogens (tertiary/aromatic N) is 1. The first kappa shape index (κ1) is 8.97. The van der Waals surface area contributed by atoms with Crippen LogP contribution in [0.5, 0.6) is 5.75 Å². The predicted octanol–water partition coefficient (Wildman–Crippen LogP) is 2.00. The van der Waals surface area contributed by atoms with Gasteiger partial charge in [-0.2, -0.15) is 0 Å². The van der Waals surface area contributed by atoms with E-state index in [1.165, 1.54) is 0 Å². The molecule has 1 aromatic heterocycles. The van der Waals surface area contributed by atoms with E-state index in [2.05, 4.69) is 11.9 Å². The minimum atomic E-state index is -0.422. The number of aromatic nitrogens is 1. The maximum atomic E-state index is 12.9. The van der Waals surface area contributed by atoms with E-state index < -0.39 is 5.82 Å². The summed E-state index contributed by atoms with van der Waals surface area (Å²) in [4.78, 5) is 3.82. The van der Waals surface area contributed by atoms with Crippen molar-refractivity contribution in [2.45, 2.75) is 13.3 Å². The lowest BCUT2D eigenvalue weighted by molar-refractivity contribution is 0.320. The molecule has 12 heavy (non-hydrogen) atoms. The highest BCUT2D eigenvalue weighted by Gasteiger charge is 2.03. The van der Waals surface area contributed by atoms with Crippen molar-refractivity contribution in [2.75, 3.05) is 6.61 Å². The molecule has 0 N–H and O–H groups in total. The van der Waals surface area contributed by atoms with Crippen molar-refractivity contribution in [1.82, 2.24) is 4.98 Å². The molecular formula is C9H11FNO. The number of halogens is 1. The highest BCUT2D eigenvalue weighted by Crippen LogP contribution is 2.16. The van der Waals surface area contributed by atoms with E-state index in [1.807, 2.05) is 6.92 Å². The minimum Gasteiger partial charge on any atom is -0.491 e. The molecular weight excluding hydrogens is 157 g/mol. The van der Waals surface area contributed by atoms with Crippen LogP contribution in [0, 0.1) is 12.7 Å². The molecule has 0 atom stereocenters. The van der Waals surface area contributed by atoms with Crippen LogP contribution in [0.1, 0.15) is 12.6 Å². The largest absolute Gasteiger partial charge is 0.491 e. The van der Waals surface area contributed by atoms with Crippen molar-refractivity contribution in [1.29, 1.82) is 0 Å². The van der Waals surface area contributed by atoms with Gasteiger partial charge in [0, 0.05) is 11.8 Å². The fraction of sp³-hybridized carbons (Fsp3) is 0.333. The summed E-state index contributed by atoms with van der Waals surface area (Å²) in [5, 5.41) is 0. The summed E-state index contributed by atoms with van der Waals surface area (Å²) in [5.74, 6) is -0.166. The summed E-state index contributed by atoms with van der Waals surface area (Å²) in [5.41, 5.74) is 0.736. The maximum Gasteiger partial charge on any atom is 0.183 e. The minimum absolute atomic E-state index is 0.256. The number of rotatable bonds is 3. The monoisotopic (exact) mass is 168 g/mol. The van der Waals surface area contributed by atoms with Crippen LogP contribution in [0.25, 0.3) is 0 Å². The van der Waals surface area contributed by atoms with Crippen molar-refractivity contribution in [2.24, 2.45) is 0 Å². The van der Waals surface area contributed by atoms with E-state index in [4.69, 9.17) is 4.74 Å². The van der Waals surface area contributed by atoms with Gasteiger partial charge in [0.2, 0.25) is 0 Å². The molecule has 1 heterocycles. The lowest BCUT2D eigenvalue weighted by Crippen LogP contribution is -1.97. The van der Waals surface area contributed by atoms with E-state index in [-0.39, 0.29) is 5.75 Å². The highest BCUT2D eigenvalue weighted by molar-refractivity contribution is 5.24. The molecule has 0 aliphatic heterocycles. The second kappa shape index (κ2) is 4.04. The van der Waals surface area contributed by atoms with E-state index in [0.717, 1.165) is 11.9 Å². The Morgan fingerprint density at radius 1 is 1.67 bits per heavy atom. The van der Waals surface area contributed by atoms with Crippen molar-refractivity contribution < 1.29 is 9.13 Å². The third-order valence-electron chi connectivity index (χ3n) is 1.43. The van der Waals surface area contributed by atoms with Crippen LogP contribution < -0.4 is 4.74 Å². The van der Waals surface area contributed by atoms with Gasteiger partial charge in [0.1, 0.15) is 0 Å². The predicted molar refractivity (Wildman–Crippen MR) is 44.4 cm³/mol. The first-order valence-electron chi connectivity index (χ1n) is 3.84. The van der Waals surface area contributed by atoms with Gasteiger partial charge >= 0.3 is 0 Å². The number of pyridine rings is 1. The second-order valence-electron chi connectivity index (χ2n) is 2.29. The van der Waals surface area contributed by atoms with Crippen molar-refractivity contribution >= 4 is 0 Å². The van der Waals surface area contributed by atoms with Gasteiger partial charge in [-0.3, -0.25) is 4.98 Å². The Bertz CT molecular complexity index is 263. The number of hydrogen-bond acceptors (Lipinski definition) is 2. The Labute approximate surface area is 71.4 Å². The zero-order valence-corrected chi connectivity index (χ0v) is 7.01. The zero-order chi connectivity index (χ0) is 8.97. The normalized spacial score (nSPS) is 9.92. The van der Waals surface area contributed by atoms with Crippen LogP contribution >= 0.6 is 0 Å².